The van der Waals surface area contributed by atoms with Crippen LogP contribution in [0.2, 0.25) is 0 Å². The zero-order chi connectivity index (χ0) is 26.3. The Morgan fingerprint density at radius 2 is 1.92 bits per heavy atom. The van der Waals surface area contributed by atoms with Crippen LogP contribution in [0.25, 0.3) is 11.1 Å². The maximum Gasteiger partial charge on any atom is 0.416 e. The zero-order valence-corrected chi connectivity index (χ0v) is 20.7. The fraction of sp³-hybridized carbons (Fsp3) is 0.308. The molecule has 36 heavy (non-hydrogen) atoms. The van der Waals surface area contributed by atoms with Crippen LogP contribution in [0.15, 0.2) is 73.9 Å². The Kier molecular flexibility index (Phi) is 8.89. The number of hydrogen-bond donors (Lipinski definition) is 3. The normalized spacial score (nSPS) is 12.4. The molecule has 3 rings (SSSR count). The topological polar surface area (TPSA) is 70.0 Å². The number of benzene rings is 1. The highest BCUT2D eigenvalue weighted by atomic mass is 19.4. The van der Waals surface area contributed by atoms with Crippen LogP contribution in [-0.4, -0.2) is 53.9 Å². The molecule has 2 heterocycles. The summed E-state index contributed by atoms with van der Waals surface area (Å²) >= 11 is 0. The number of alkyl halides is 3. The molecule has 1 atom stereocenters. The van der Waals surface area contributed by atoms with E-state index in [0.717, 1.165) is 41.9 Å². The van der Waals surface area contributed by atoms with Crippen LogP contribution in [0.4, 0.5) is 24.7 Å². The molecule has 0 spiro atoms. The number of halogens is 3. The molecule has 1 unspecified atom stereocenters. The van der Waals surface area contributed by atoms with E-state index in [1.54, 1.807) is 18.5 Å². The van der Waals surface area contributed by atoms with E-state index >= 15 is 0 Å². The van der Waals surface area contributed by atoms with Crippen molar-refractivity contribution >= 4 is 11.5 Å². The number of rotatable bonds is 12. The minimum absolute atomic E-state index is 0.215. The van der Waals surface area contributed by atoms with E-state index in [0.29, 0.717) is 23.7 Å². The Hall–Kier alpha value is -3.63. The predicted octanol–water partition coefficient (Wildman–Crippen LogP) is 4.82. The molecule has 0 aliphatic heterocycles. The number of hydrogen-bond acceptors (Lipinski definition) is 6. The second kappa shape index (κ2) is 11.9. The molecule has 0 saturated carbocycles. The predicted molar refractivity (Wildman–Crippen MR) is 138 cm³/mol. The number of allylic oxidation sites excluding steroid dienone is 1. The first-order valence-corrected chi connectivity index (χ1v) is 11.5. The third-order valence-corrected chi connectivity index (χ3v) is 5.66. The molecule has 10 heteroatoms. The van der Waals surface area contributed by atoms with Crippen LogP contribution in [0, 0.1) is 0 Å². The fourth-order valence-electron chi connectivity index (χ4n) is 3.64. The molecule has 0 aliphatic rings. The average Bonchev–Trinajstić information content (AvgIpc) is 3.32. The summed E-state index contributed by atoms with van der Waals surface area (Å²) in [6, 6.07) is 6.58. The fourth-order valence-corrected chi connectivity index (χ4v) is 3.64. The smallest absolute Gasteiger partial charge is 0.384 e. The van der Waals surface area contributed by atoms with E-state index in [4.69, 9.17) is 0 Å². The quantitative estimate of drug-likeness (QED) is 0.311. The lowest BCUT2D eigenvalue weighted by molar-refractivity contribution is -0.137. The first-order valence-electron chi connectivity index (χ1n) is 11.5. The van der Waals surface area contributed by atoms with Gasteiger partial charge < -0.3 is 20.9 Å². The Bertz CT molecular complexity index is 1170. The molecule has 3 N–H and O–H groups in total. The highest BCUT2D eigenvalue weighted by Gasteiger charge is 2.30. The van der Waals surface area contributed by atoms with Crippen LogP contribution < -0.4 is 16.0 Å². The SMILES string of the molecule is C=CC(=C)NCC(NC)c1c(-c2cnn(CCN(C)C)c2)ccnc1Nc1ccc(C(F)(F)F)cc1. The van der Waals surface area contributed by atoms with Crippen LogP contribution in [0.3, 0.4) is 0 Å². The van der Waals surface area contributed by atoms with Gasteiger partial charge in [-0.2, -0.15) is 18.3 Å². The summed E-state index contributed by atoms with van der Waals surface area (Å²) in [7, 11) is 5.85. The van der Waals surface area contributed by atoms with Crippen molar-refractivity contribution in [1.29, 1.82) is 0 Å². The highest BCUT2D eigenvalue weighted by Crippen LogP contribution is 2.35. The van der Waals surface area contributed by atoms with Crippen molar-refractivity contribution < 1.29 is 13.2 Å². The van der Waals surface area contributed by atoms with Gasteiger partial charge in [-0.25, -0.2) is 4.98 Å². The second-order valence-corrected chi connectivity index (χ2v) is 8.57. The number of likely N-dealkylation sites (N-methyl/N-ethyl adjacent to an activating group) is 2. The summed E-state index contributed by atoms with van der Waals surface area (Å²) in [4.78, 5) is 6.62. The summed E-state index contributed by atoms with van der Waals surface area (Å²) in [6.07, 6.45) is 2.69. The number of nitrogens with zero attached hydrogens (tertiary/aromatic N) is 4. The van der Waals surface area contributed by atoms with Crippen molar-refractivity contribution in [3.05, 3.63) is 85.0 Å². The molecular weight excluding hydrogens is 467 g/mol. The van der Waals surface area contributed by atoms with Gasteiger partial charge in [0.1, 0.15) is 5.82 Å². The summed E-state index contributed by atoms with van der Waals surface area (Å²) in [6.45, 7) is 9.71. The summed E-state index contributed by atoms with van der Waals surface area (Å²) in [5.74, 6) is 0.527. The maximum atomic E-state index is 13.0. The van der Waals surface area contributed by atoms with Crippen LogP contribution in [-0.2, 0) is 12.7 Å². The van der Waals surface area contributed by atoms with Gasteiger partial charge in [0.2, 0.25) is 0 Å². The van der Waals surface area contributed by atoms with Gasteiger partial charge in [0.25, 0.3) is 0 Å². The van der Waals surface area contributed by atoms with Gasteiger partial charge in [-0.1, -0.05) is 13.2 Å². The molecular formula is C26H32F3N7. The van der Waals surface area contributed by atoms with Crippen LogP contribution in [0.1, 0.15) is 17.2 Å². The van der Waals surface area contributed by atoms with E-state index in [-0.39, 0.29) is 6.04 Å². The van der Waals surface area contributed by atoms with Crippen molar-refractivity contribution in [1.82, 2.24) is 30.3 Å². The Morgan fingerprint density at radius 1 is 1.19 bits per heavy atom. The highest BCUT2D eigenvalue weighted by molar-refractivity contribution is 5.74. The molecule has 7 nitrogen and oxygen atoms in total. The van der Waals surface area contributed by atoms with Gasteiger partial charge >= 0.3 is 6.18 Å². The maximum absolute atomic E-state index is 13.0. The lowest BCUT2D eigenvalue weighted by Crippen LogP contribution is -2.29. The van der Waals surface area contributed by atoms with E-state index in [2.05, 4.69) is 44.1 Å². The molecule has 192 valence electrons. The lowest BCUT2D eigenvalue weighted by Gasteiger charge is -2.24. The van der Waals surface area contributed by atoms with Crippen LogP contribution in [0.5, 0.6) is 0 Å². The van der Waals surface area contributed by atoms with Gasteiger partial charge in [-0.3, -0.25) is 4.68 Å². The van der Waals surface area contributed by atoms with Crippen molar-refractivity contribution in [3.8, 4) is 11.1 Å². The van der Waals surface area contributed by atoms with E-state index in [9.17, 15) is 13.2 Å². The van der Waals surface area contributed by atoms with Crippen molar-refractivity contribution in [2.24, 2.45) is 0 Å². The second-order valence-electron chi connectivity index (χ2n) is 8.57. The number of anilines is 2. The van der Waals surface area contributed by atoms with Gasteiger partial charge in [0, 0.05) is 48.0 Å². The molecule has 0 radical (unpaired) electrons. The van der Waals surface area contributed by atoms with Crippen molar-refractivity contribution in [2.75, 3.05) is 39.5 Å². The molecule has 2 aromatic heterocycles. The molecule has 0 bridgehead atoms. The standard InChI is InChI=1S/C26H32F3N7/c1-6-18(2)32-16-23(30-3)24-22(19-15-33-36(17-19)14-13-35(4)5)11-12-31-25(24)34-21-9-7-20(8-10-21)26(27,28)29/h6-12,15,17,23,30,32H,1-2,13-14,16H2,3-5H3,(H,31,34). The minimum Gasteiger partial charge on any atom is -0.384 e. The number of pyridine rings is 1. The summed E-state index contributed by atoms with van der Waals surface area (Å²) < 4.78 is 40.9. The van der Waals surface area contributed by atoms with Crippen LogP contribution >= 0.6 is 0 Å². The van der Waals surface area contributed by atoms with E-state index in [1.807, 2.05) is 38.1 Å². The summed E-state index contributed by atoms with van der Waals surface area (Å²) in [5.41, 5.74) is 3.12. The molecule has 0 amide bonds. The monoisotopic (exact) mass is 499 g/mol. The third kappa shape index (κ3) is 6.96. The summed E-state index contributed by atoms with van der Waals surface area (Å²) in [5, 5.41) is 14.2. The third-order valence-electron chi connectivity index (χ3n) is 5.66. The Morgan fingerprint density at radius 3 is 2.53 bits per heavy atom. The van der Waals surface area contributed by atoms with E-state index < -0.39 is 11.7 Å². The number of aromatic nitrogens is 3. The van der Waals surface area contributed by atoms with Gasteiger partial charge in [-0.15, -0.1) is 0 Å². The molecule has 0 fully saturated rings. The zero-order valence-electron chi connectivity index (χ0n) is 20.7. The first kappa shape index (κ1) is 27.0. The van der Waals surface area contributed by atoms with Gasteiger partial charge in [0.05, 0.1) is 24.3 Å². The average molecular weight is 500 g/mol. The lowest BCUT2D eigenvalue weighted by atomic mass is 9.97. The van der Waals surface area contributed by atoms with E-state index in [1.165, 1.54) is 12.1 Å². The largest absolute Gasteiger partial charge is 0.416 e. The van der Waals surface area contributed by atoms with Crippen molar-refractivity contribution in [3.63, 3.8) is 0 Å². The molecule has 1 aromatic carbocycles. The molecule has 3 aromatic rings. The van der Waals surface area contributed by atoms with Gasteiger partial charge in [0.15, 0.2) is 0 Å². The van der Waals surface area contributed by atoms with Crippen molar-refractivity contribution in [2.45, 2.75) is 18.8 Å². The molecule has 0 aliphatic carbocycles. The Balaban J connectivity index is 2.01. The van der Waals surface area contributed by atoms with Gasteiger partial charge in [-0.05, 0) is 63.1 Å². The minimum atomic E-state index is -4.40. The first-order chi connectivity index (χ1) is 17.1. The number of nitrogens with one attached hydrogen (secondary N) is 3. The molecule has 0 saturated heterocycles. The Labute approximate surface area is 209 Å².